The van der Waals surface area contributed by atoms with Crippen LogP contribution in [0.3, 0.4) is 0 Å². The highest BCUT2D eigenvalue weighted by Gasteiger charge is 2.35. The lowest BCUT2D eigenvalue weighted by Gasteiger charge is -2.36. The number of Topliss-reactive ketones (excluding diaryl/α,β-unsaturated/α-hetero) is 1. The van der Waals surface area contributed by atoms with E-state index in [1.807, 2.05) is 11.8 Å². The van der Waals surface area contributed by atoms with E-state index in [2.05, 4.69) is 10.2 Å². The van der Waals surface area contributed by atoms with Gasteiger partial charge in [-0.05, 0) is 38.0 Å². The van der Waals surface area contributed by atoms with E-state index in [9.17, 15) is 18.8 Å². The lowest BCUT2D eigenvalue weighted by molar-refractivity contribution is -0.128. The Morgan fingerprint density at radius 1 is 1.18 bits per heavy atom. The molecule has 1 aliphatic carbocycles. The van der Waals surface area contributed by atoms with Crippen LogP contribution in [0, 0.1) is 5.82 Å². The molecule has 2 heterocycles. The van der Waals surface area contributed by atoms with Crippen LogP contribution in [0.1, 0.15) is 43.5 Å². The molecule has 1 aliphatic heterocycles. The van der Waals surface area contributed by atoms with Crippen molar-refractivity contribution < 1.29 is 18.8 Å². The predicted molar refractivity (Wildman–Crippen MR) is 127 cm³/mol. The maximum absolute atomic E-state index is 14.4. The summed E-state index contributed by atoms with van der Waals surface area (Å²) in [6.45, 7) is 5.27. The minimum absolute atomic E-state index is 0.00696. The molecule has 0 N–H and O–H groups in total. The monoisotopic (exact) mass is 491 g/mol. The van der Waals surface area contributed by atoms with Crippen molar-refractivity contribution in [1.82, 2.24) is 15.1 Å². The van der Waals surface area contributed by atoms with Crippen molar-refractivity contribution in [1.29, 1.82) is 0 Å². The van der Waals surface area contributed by atoms with E-state index in [4.69, 9.17) is 0 Å². The number of amides is 2. The largest absolute Gasteiger partial charge is 0.366 e. The number of hydrogen-bond donors (Lipinski definition) is 0. The summed E-state index contributed by atoms with van der Waals surface area (Å²) in [6.07, 6.45) is 2.40. The van der Waals surface area contributed by atoms with Crippen LogP contribution in [0.4, 0.5) is 15.2 Å². The van der Waals surface area contributed by atoms with Gasteiger partial charge in [-0.3, -0.25) is 19.3 Å². The number of benzene rings is 1. The molecule has 0 bridgehead atoms. The Labute approximate surface area is 200 Å². The van der Waals surface area contributed by atoms with Gasteiger partial charge in [0.1, 0.15) is 5.82 Å². The van der Waals surface area contributed by atoms with Gasteiger partial charge in [-0.15, -0.1) is 10.2 Å². The Balaban J connectivity index is 1.28. The first-order chi connectivity index (χ1) is 15.9. The third kappa shape index (κ3) is 5.52. The summed E-state index contributed by atoms with van der Waals surface area (Å²) >= 11 is 2.67. The fourth-order valence-corrected chi connectivity index (χ4v) is 5.55. The number of aromatic nitrogens is 2. The van der Waals surface area contributed by atoms with E-state index >= 15 is 0 Å². The Morgan fingerprint density at radius 3 is 2.52 bits per heavy atom. The van der Waals surface area contributed by atoms with Crippen LogP contribution < -0.4 is 9.80 Å². The quantitative estimate of drug-likeness (QED) is 0.318. The number of carbonyl (C=O) groups is 3. The molecule has 2 fully saturated rings. The third-order valence-corrected chi connectivity index (χ3v) is 7.77. The summed E-state index contributed by atoms with van der Waals surface area (Å²) in [6, 6.07) is 4.75. The number of anilines is 2. The highest BCUT2D eigenvalue weighted by molar-refractivity contribution is 8.01. The van der Waals surface area contributed by atoms with Crippen molar-refractivity contribution in [2.45, 2.75) is 43.5 Å². The molecule has 8 nitrogen and oxygen atoms in total. The molecule has 33 heavy (non-hydrogen) atoms. The predicted octanol–water partition coefficient (Wildman–Crippen LogP) is 3.23. The molecule has 2 aromatic rings. The maximum Gasteiger partial charge on any atom is 0.233 e. The molecular weight excluding hydrogens is 465 g/mol. The molecule has 0 spiro atoms. The van der Waals surface area contributed by atoms with Crippen molar-refractivity contribution in [3.05, 3.63) is 29.6 Å². The number of ketones is 1. The second-order valence-corrected chi connectivity index (χ2v) is 10.3. The normalized spacial score (nSPS) is 16.1. The summed E-state index contributed by atoms with van der Waals surface area (Å²) in [4.78, 5) is 41.7. The third-order valence-electron chi connectivity index (χ3n) is 5.73. The van der Waals surface area contributed by atoms with Crippen molar-refractivity contribution in [3.8, 4) is 0 Å². The number of thioether (sulfide) groups is 1. The fraction of sp³-hybridized carbons (Fsp3) is 0.500. The lowest BCUT2D eigenvalue weighted by Crippen LogP contribution is -2.49. The lowest BCUT2D eigenvalue weighted by atomic mass is 10.1. The van der Waals surface area contributed by atoms with Gasteiger partial charge in [0.25, 0.3) is 0 Å². The van der Waals surface area contributed by atoms with Gasteiger partial charge in [-0.2, -0.15) is 0 Å². The van der Waals surface area contributed by atoms with Gasteiger partial charge in [0.05, 0.1) is 11.4 Å². The van der Waals surface area contributed by atoms with Crippen LogP contribution in [0.2, 0.25) is 0 Å². The number of nitrogens with zero attached hydrogens (tertiary/aromatic N) is 5. The zero-order valence-electron chi connectivity index (χ0n) is 18.6. The Hall–Kier alpha value is -2.53. The summed E-state index contributed by atoms with van der Waals surface area (Å²) in [5, 5.41) is 8.93. The second kappa shape index (κ2) is 10.2. The first kappa shape index (κ1) is 23.6. The summed E-state index contributed by atoms with van der Waals surface area (Å²) < 4.78 is 15.1. The minimum Gasteiger partial charge on any atom is -0.366 e. The molecule has 0 atom stereocenters. The molecule has 0 unspecified atom stereocenters. The van der Waals surface area contributed by atoms with Crippen LogP contribution in [0.5, 0.6) is 0 Å². The molecule has 2 aliphatic rings. The van der Waals surface area contributed by atoms with E-state index in [0.29, 0.717) is 53.3 Å². The highest BCUT2D eigenvalue weighted by atomic mass is 32.2. The van der Waals surface area contributed by atoms with Gasteiger partial charge < -0.3 is 9.80 Å². The molecule has 1 aromatic heterocycles. The van der Waals surface area contributed by atoms with E-state index in [1.165, 1.54) is 36.1 Å². The molecular formula is C22H26FN5O3S2. The van der Waals surface area contributed by atoms with Gasteiger partial charge in [0.2, 0.25) is 16.9 Å². The van der Waals surface area contributed by atoms with E-state index < -0.39 is 5.82 Å². The highest BCUT2D eigenvalue weighted by Crippen LogP contribution is 2.36. The Morgan fingerprint density at radius 2 is 1.91 bits per heavy atom. The van der Waals surface area contributed by atoms with Crippen LogP contribution in [-0.4, -0.2) is 70.7 Å². The van der Waals surface area contributed by atoms with Crippen LogP contribution in [0.25, 0.3) is 0 Å². The number of carbonyl (C=O) groups excluding carboxylic acids is 3. The smallest absolute Gasteiger partial charge is 0.233 e. The number of halogens is 1. The van der Waals surface area contributed by atoms with Crippen molar-refractivity contribution in [2.75, 3.05) is 41.7 Å². The second-order valence-electron chi connectivity index (χ2n) is 8.08. The number of rotatable bonds is 8. The van der Waals surface area contributed by atoms with Crippen molar-refractivity contribution in [3.63, 3.8) is 0 Å². The van der Waals surface area contributed by atoms with Gasteiger partial charge in [-0.25, -0.2) is 4.39 Å². The zero-order chi connectivity index (χ0) is 23.5. The molecule has 1 saturated carbocycles. The maximum atomic E-state index is 14.4. The van der Waals surface area contributed by atoms with Crippen LogP contribution >= 0.6 is 23.1 Å². The van der Waals surface area contributed by atoms with Crippen LogP contribution in [-0.2, 0) is 9.59 Å². The molecule has 4 rings (SSSR count). The summed E-state index contributed by atoms with van der Waals surface area (Å²) in [7, 11) is 0. The molecule has 11 heteroatoms. The number of hydrogen-bond acceptors (Lipinski definition) is 8. The van der Waals surface area contributed by atoms with Gasteiger partial charge in [0.15, 0.2) is 10.1 Å². The fourth-order valence-electron chi connectivity index (χ4n) is 3.72. The Bertz CT molecular complexity index is 1050. The van der Waals surface area contributed by atoms with E-state index in [0.717, 1.165) is 12.8 Å². The summed E-state index contributed by atoms with van der Waals surface area (Å²) in [5.74, 6) is -0.319. The van der Waals surface area contributed by atoms with E-state index in [-0.39, 0.29) is 29.4 Å². The standard InChI is InChI=1S/C22H26FN5O3S2/c1-3-19(30)28(16-5-6-16)21-24-25-22(33-21)32-13-20(31)27-10-8-26(9-11-27)18-7-4-15(14(2)29)12-17(18)23/h4,7,12,16H,3,5-6,8-11,13H2,1-2H3. The van der Waals surface area contributed by atoms with Gasteiger partial charge >= 0.3 is 0 Å². The molecule has 176 valence electrons. The topological polar surface area (TPSA) is 86.7 Å². The summed E-state index contributed by atoms with van der Waals surface area (Å²) in [5.41, 5.74) is 0.797. The first-order valence-electron chi connectivity index (χ1n) is 11.0. The molecule has 1 saturated heterocycles. The van der Waals surface area contributed by atoms with Gasteiger partial charge in [-0.1, -0.05) is 30.0 Å². The molecule has 0 radical (unpaired) electrons. The zero-order valence-corrected chi connectivity index (χ0v) is 20.3. The Kier molecular flexibility index (Phi) is 7.28. The number of piperazine rings is 1. The minimum atomic E-state index is -0.424. The molecule has 2 amide bonds. The SMILES string of the molecule is CCC(=O)N(c1nnc(SCC(=O)N2CCN(c3ccc(C(C)=O)cc3F)CC2)s1)C1CC1. The van der Waals surface area contributed by atoms with Crippen molar-refractivity contribution in [2.24, 2.45) is 0 Å². The average molecular weight is 492 g/mol. The van der Waals surface area contributed by atoms with Crippen LogP contribution in [0.15, 0.2) is 22.5 Å². The van der Waals surface area contributed by atoms with E-state index in [1.54, 1.807) is 21.9 Å². The van der Waals surface area contributed by atoms with Crippen molar-refractivity contribution >= 4 is 51.5 Å². The van der Waals surface area contributed by atoms with Gasteiger partial charge in [0, 0.05) is 44.2 Å². The molecule has 1 aromatic carbocycles. The first-order valence-corrected chi connectivity index (χ1v) is 12.8. The average Bonchev–Trinajstić information content (AvgIpc) is 3.54.